The van der Waals surface area contributed by atoms with Gasteiger partial charge in [0.05, 0.1) is 0 Å². The van der Waals surface area contributed by atoms with Gasteiger partial charge in [-0.2, -0.15) is 0 Å². The third-order valence-corrected chi connectivity index (χ3v) is 2.73. The van der Waals surface area contributed by atoms with Crippen LogP contribution >= 0.6 is 12.2 Å². The molecular weight excluding hydrogens is 256 g/mol. The lowest BCUT2D eigenvalue weighted by molar-refractivity contribution is 0.363. The first kappa shape index (κ1) is 15.5. The third kappa shape index (κ3) is 6.82. The molecule has 19 heavy (non-hydrogen) atoms. The summed E-state index contributed by atoms with van der Waals surface area (Å²) in [6.07, 6.45) is 2.83. The number of hydrogen-bond donors (Lipinski definition) is 2. The molecule has 0 heterocycles. The van der Waals surface area contributed by atoms with Gasteiger partial charge in [0.1, 0.15) is 12.4 Å². The molecule has 0 bridgehead atoms. The number of hydrogen-bond acceptors (Lipinski definition) is 2. The molecule has 2 N–H and O–H groups in total. The van der Waals surface area contributed by atoms with E-state index in [4.69, 9.17) is 17.0 Å². The summed E-state index contributed by atoms with van der Waals surface area (Å²) >= 11 is 5.22. The molecule has 0 radical (unpaired) electrons. The first-order valence-corrected chi connectivity index (χ1v) is 6.91. The zero-order valence-corrected chi connectivity index (χ0v) is 12.4. The number of benzene rings is 1. The van der Waals surface area contributed by atoms with Crippen molar-refractivity contribution >= 4 is 23.0 Å². The number of nitrogens with one attached hydrogen (secondary N) is 2. The molecule has 0 aliphatic carbocycles. The Kier molecular flexibility index (Phi) is 6.97. The maximum absolute atomic E-state index is 5.41. The highest BCUT2D eigenvalue weighted by Gasteiger charge is 1.99. The van der Waals surface area contributed by atoms with Crippen LogP contribution in [0.3, 0.4) is 0 Å². The van der Waals surface area contributed by atoms with E-state index in [1.807, 2.05) is 24.3 Å². The van der Waals surface area contributed by atoms with Gasteiger partial charge in [0.25, 0.3) is 0 Å². The fraction of sp³-hybridized carbons (Fsp3) is 0.400. The van der Waals surface area contributed by atoms with Crippen LogP contribution in [0.25, 0.3) is 0 Å². The molecule has 0 atom stereocenters. The molecule has 1 aromatic rings. The molecule has 0 fully saturated rings. The van der Waals surface area contributed by atoms with Gasteiger partial charge < -0.3 is 15.4 Å². The molecule has 0 aromatic heterocycles. The minimum atomic E-state index is 0.516. The molecule has 0 aliphatic rings. The van der Waals surface area contributed by atoms with E-state index in [0.717, 1.165) is 24.4 Å². The summed E-state index contributed by atoms with van der Waals surface area (Å²) in [6, 6.07) is 7.69. The van der Waals surface area contributed by atoms with Crippen molar-refractivity contribution in [3.05, 3.63) is 36.9 Å². The fourth-order valence-electron chi connectivity index (χ4n) is 1.44. The molecular formula is C15H22N2OS. The molecule has 0 saturated carbocycles. The first-order valence-electron chi connectivity index (χ1n) is 6.50. The van der Waals surface area contributed by atoms with Crippen molar-refractivity contribution in [3.8, 4) is 5.75 Å². The Hall–Kier alpha value is -1.55. The first-order chi connectivity index (χ1) is 9.11. The maximum atomic E-state index is 5.41. The zero-order valence-electron chi connectivity index (χ0n) is 11.6. The Morgan fingerprint density at radius 1 is 1.37 bits per heavy atom. The molecule has 104 valence electrons. The molecule has 1 rings (SSSR count). The smallest absolute Gasteiger partial charge is 0.170 e. The molecule has 0 spiro atoms. The minimum absolute atomic E-state index is 0.516. The van der Waals surface area contributed by atoms with Gasteiger partial charge in [0.15, 0.2) is 5.11 Å². The molecule has 3 nitrogen and oxygen atoms in total. The van der Waals surface area contributed by atoms with Crippen LogP contribution in [-0.4, -0.2) is 18.3 Å². The SMILES string of the molecule is C=CCOc1ccc(NC(=S)NCCC(C)C)cc1. The van der Waals surface area contributed by atoms with Crippen LogP contribution in [-0.2, 0) is 0 Å². The van der Waals surface area contributed by atoms with Crippen molar-refractivity contribution in [1.29, 1.82) is 0 Å². The van der Waals surface area contributed by atoms with Crippen molar-refractivity contribution in [1.82, 2.24) is 5.32 Å². The lowest BCUT2D eigenvalue weighted by Crippen LogP contribution is -2.29. The Morgan fingerprint density at radius 3 is 2.63 bits per heavy atom. The van der Waals surface area contributed by atoms with E-state index in [9.17, 15) is 0 Å². The predicted molar refractivity (Wildman–Crippen MR) is 85.8 cm³/mol. The molecule has 0 unspecified atom stereocenters. The molecule has 4 heteroatoms. The largest absolute Gasteiger partial charge is 0.490 e. The van der Waals surface area contributed by atoms with Crippen molar-refractivity contribution < 1.29 is 4.74 Å². The second-order valence-corrected chi connectivity index (χ2v) is 5.10. The number of ether oxygens (including phenoxy) is 1. The van der Waals surface area contributed by atoms with Crippen LogP contribution in [0, 0.1) is 5.92 Å². The van der Waals surface area contributed by atoms with Gasteiger partial charge in [-0.3, -0.25) is 0 Å². The van der Waals surface area contributed by atoms with Crippen LogP contribution in [0.2, 0.25) is 0 Å². The standard InChI is InChI=1S/C15H22N2OS/c1-4-11-18-14-7-5-13(6-8-14)17-15(19)16-10-9-12(2)3/h4-8,12H,1,9-11H2,2-3H3,(H2,16,17,19). The van der Waals surface area contributed by atoms with Crippen molar-refractivity contribution in [3.63, 3.8) is 0 Å². The second-order valence-electron chi connectivity index (χ2n) is 4.69. The highest BCUT2D eigenvalue weighted by Crippen LogP contribution is 2.15. The maximum Gasteiger partial charge on any atom is 0.170 e. The monoisotopic (exact) mass is 278 g/mol. The number of thiocarbonyl (C=S) groups is 1. The van der Waals surface area contributed by atoms with E-state index in [0.29, 0.717) is 17.6 Å². The Balaban J connectivity index is 2.35. The number of anilines is 1. The number of rotatable bonds is 7. The summed E-state index contributed by atoms with van der Waals surface area (Å²) in [4.78, 5) is 0. The summed E-state index contributed by atoms with van der Waals surface area (Å²) in [6.45, 7) is 9.41. The Bertz CT molecular complexity index is 401. The van der Waals surface area contributed by atoms with Crippen LogP contribution in [0.1, 0.15) is 20.3 Å². The summed E-state index contributed by atoms with van der Waals surface area (Å²) in [5.74, 6) is 1.50. The average Bonchev–Trinajstić information content (AvgIpc) is 2.37. The molecule has 0 amide bonds. The van der Waals surface area contributed by atoms with Gasteiger partial charge in [0, 0.05) is 12.2 Å². The lowest BCUT2D eigenvalue weighted by Gasteiger charge is -2.12. The molecule has 0 aliphatic heterocycles. The van der Waals surface area contributed by atoms with Crippen LogP contribution in [0.15, 0.2) is 36.9 Å². The Labute approximate surface area is 121 Å². The highest BCUT2D eigenvalue weighted by molar-refractivity contribution is 7.80. The summed E-state index contributed by atoms with van der Waals surface area (Å²) in [5, 5.41) is 6.98. The van der Waals surface area contributed by atoms with E-state index in [1.165, 1.54) is 0 Å². The quantitative estimate of drug-likeness (QED) is 0.590. The van der Waals surface area contributed by atoms with E-state index < -0.39 is 0 Å². The summed E-state index contributed by atoms with van der Waals surface area (Å²) in [5.41, 5.74) is 0.952. The van der Waals surface area contributed by atoms with Crippen LogP contribution in [0.4, 0.5) is 5.69 Å². The summed E-state index contributed by atoms with van der Waals surface area (Å²) < 4.78 is 5.41. The fourth-order valence-corrected chi connectivity index (χ4v) is 1.66. The third-order valence-electron chi connectivity index (χ3n) is 2.49. The summed E-state index contributed by atoms with van der Waals surface area (Å²) in [7, 11) is 0. The van der Waals surface area contributed by atoms with E-state index in [-0.39, 0.29) is 0 Å². The van der Waals surface area contributed by atoms with Crippen LogP contribution < -0.4 is 15.4 Å². The normalized spacial score (nSPS) is 10.1. The second kappa shape index (κ2) is 8.53. The molecule has 1 aromatic carbocycles. The van der Waals surface area contributed by atoms with Gasteiger partial charge in [-0.1, -0.05) is 26.5 Å². The average molecular weight is 278 g/mol. The predicted octanol–water partition coefficient (Wildman–Crippen LogP) is 3.58. The van der Waals surface area contributed by atoms with E-state index in [1.54, 1.807) is 6.08 Å². The van der Waals surface area contributed by atoms with Crippen LogP contribution in [0.5, 0.6) is 5.75 Å². The van der Waals surface area contributed by atoms with Crippen molar-refractivity contribution in [2.75, 3.05) is 18.5 Å². The van der Waals surface area contributed by atoms with Gasteiger partial charge in [-0.25, -0.2) is 0 Å². The van der Waals surface area contributed by atoms with Gasteiger partial charge in [0.2, 0.25) is 0 Å². The lowest BCUT2D eigenvalue weighted by atomic mass is 10.1. The van der Waals surface area contributed by atoms with Gasteiger partial charge in [-0.15, -0.1) is 0 Å². The van der Waals surface area contributed by atoms with E-state index >= 15 is 0 Å². The van der Waals surface area contributed by atoms with E-state index in [2.05, 4.69) is 31.1 Å². The highest BCUT2D eigenvalue weighted by atomic mass is 32.1. The molecule has 0 saturated heterocycles. The van der Waals surface area contributed by atoms with Gasteiger partial charge >= 0.3 is 0 Å². The van der Waals surface area contributed by atoms with Gasteiger partial charge in [-0.05, 0) is 48.8 Å². The van der Waals surface area contributed by atoms with Crippen molar-refractivity contribution in [2.45, 2.75) is 20.3 Å². The topological polar surface area (TPSA) is 33.3 Å². The zero-order chi connectivity index (χ0) is 14.1. The Morgan fingerprint density at radius 2 is 2.05 bits per heavy atom. The van der Waals surface area contributed by atoms with Crippen molar-refractivity contribution in [2.24, 2.45) is 5.92 Å². The minimum Gasteiger partial charge on any atom is -0.490 e.